The lowest BCUT2D eigenvalue weighted by Crippen LogP contribution is -2.28. The molecule has 1 unspecified atom stereocenters. The Balaban J connectivity index is 1.89. The number of furan rings is 1. The van der Waals surface area contributed by atoms with Gasteiger partial charge in [-0.1, -0.05) is 18.2 Å². The third kappa shape index (κ3) is 2.04. The van der Waals surface area contributed by atoms with E-state index in [1.54, 1.807) is 17.0 Å². The molecule has 3 rings (SSSR count). The highest BCUT2D eigenvalue weighted by molar-refractivity contribution is 6.05. The number of para-hydroxylation sites is 1. The van der Waals surface area contributed by atoms with Gasteiger partial charge in [-0.15, -0.1) is 0 Å². The van der Waals surface area contributed by atoms with Gasteiger partial charge in [0, 0.05) is 12.2 Å². The van der Waals surface area contributed by atoms with E-state index in [-0.39, 0.29) is 11.9 Å². The second-order valence-electron chi connectivity index (χ2n) is 4.83. The highest BCUT2D eigenvalue weighted by atomic mass is 16.4. The molecule has 1 amide bonds. The Kier molecular flexibility index (Phi) is 2.87. The fourth-order valence-electron chi connectivity index (χ4n) is 2.39. The summed E-state index contributed by atoms with van der Waals surface area (Å²) in [6, 6.07) is 11.2. The molecule has 1 atom stereocenters. The molecule has 0 aliphatic carbocycles. The molecule has 19 heavy (non-hydrogen) atoms. The topological polar surface area (TPSA) is 59.5 Å². The van der Waals surface area contributed by atoms with Gasteiger partial charge in [-0.25, -0.2) is 0 Å². The molecule has 4 heteroatoms. The van der Waals surface area contributed by atoms with Crippen molar-refractivity contribution in [1.82, 2.24) is 0 Å². The van der Waals surface area contributed by atoms with Crippen molar-refractivity contribution in [2.24, 2.45) is 5.73 Å². The molecular weight excluding hydrogens is 240 g/mol. The summed E-state index contributed by atoms with van der Waals surface area (Å²) < 4.78 is 5.52. The Hall–Kier alpha value is -2.07. The summed E-state index contributed by atoms with van der Waals surface area (Å²) in [6.07, 6.45) is 0.892. The molecule has 0 bridgehead atoms. The average molecular weight is 256 g/mol. The zero-order chi connectivity index (χ0) is 13.4. The van der Waals surface area contributed by atoms with Crippen molar-refractivity contribution in [1.29, 1.82) is 0 Å². The molecule has 4 nitrogen and oxygen atoms in total. The number of carbonyl (C=O) groups excluding carboxylic acids is 1. The zero-order valence-corrected chi connectivity index (χ0v) is 10.8. The highest BCUT2D eigenvalue weighted by Gasteiger charge is 2.27. The molecule has 1 aromatic heterocycles. The van der Waals surface area contributed by atoms with Crippen LogP contribution in [0.3, 0.4) is 0 Å². The van der Waals surface area contributed by atoms with Crippen LogP contribution >= 0.6 is 0 Å². The van der Waals surface area contributed by atoms with E-state index in [0.29, 0.717) is 18.1 Å². The normalized spacial score (nSPS) is 15.4. The summed E-state index contributed by atoms with van der Waals surface area (Å²) in [5.41, 5.74) is 7.92. The second-order valence-corrected chi connectivity index (χ2v) is 4.83. The minimum absolute atomic E-state index is 0.100. The number of fused-ring (bicyclic) bond motifs is 1. The second kappa shape index (κ2) is 4.55. The summed E-state index contributed by atoms with van der Waals surface area (Å²) in [6.45, 7) is 2.53. The van der Waals surface area contributed by atoms with Crippen molar-refractivity contribution in [2.45, 2.75) is 19.4 Å². The molecule has 0 saturated carbocycles. The number of hydrogen-bond acceptors (Lipinski definition) is 3. The smallest absolute Gasteiger partial charge is 0.293 e. The van der Waals surface area contributed by atoms with Crippen molar-refractivity contribution in [3.8, 4) is 0 Å². The maximum absolute atomic E-state index is 12.4. The van der Waals surface area contributed by atoms with Gasteiger partial charge in [0.05, 0.1) is 6.04 Å². The third-order valence-electron chi connectivity index (χ3n) is 3.42. The minimum atomic E-state index is -0.201. The molecular formula is C15H16N2O2. The van der Waals surface area contributed by atoms with Gasteiger partial charge >= 0.3 is 0 Å². The summed E-state index contributed by atoms with van der Waals surface area (Å²) >= 11 is 0. The maximum atomic E-state index is 12.4. The third-order valence-corrected chi connectivity index (χ3v) is 3.42. The number of hydrogen-bond donors (Lipinski definition) is 1. The molecule has 1 aliphatic heterocycles. The number of carbonyl (C=O) groups is 1. The maximum Gasteiger partial charge on any atom is 0.293 e. The number of amides is 1. The van der Waals surface area contributed by atoms with E-state index in [2.05, 4.69) is 6.07 Å². The number of nitrogens with zero attached hydrogens (tertiary/aromatic N) is 1. The Morgan fingerprint density at radius 2 is 2.11 bits per heavy atom. The van der Waals surface area contributed by atoms with Crippen LogP contribution in [0.1, 0.15) is 34.8 Å². The Morgan fingerprint density at radius 3 is 2.84 bits per heavy atom. The van der Waals surface area contributed by atoms with Crippen LogP contribution in [-0.4, -0.2) is 12.5 Å². The van der Waals surface area contributed by atoms with Gasteiger partial charge in [0.15, 0.2) is 5.76 Å². The fraction of sp³-hybridized carbons (Fsp3) is 0.267. The lowest BCUT2D eigenvalue weighted by Gasteiger charge is -2.15. The van der Waals surface area contributed by atoms with Crippen LogP contribution < -0.4 is 10.6 Å². The number of benzene rings is 1. The van der Waals surface area contributed by atoms with E-state index in [4.69, 9.17) is 10.2 Å². The standard InChI is InChI=1S/C15H16N2O2/c1-10(16)13-6-7-14(19-13)15(18)17-9-8-11-4-2-3-5-12(11)17/h2-7,10H,8-9,16H2,1H3. The van der Waals surface area contributed by atoms with Crippen LogP contribution in [0.25, 0.3) is 0 Å². The predicted octanol–water partition coefficient (Wildman–Crippen LogP) is 2.50. The Morgan fingerprint density at radius 1 is 1.32 bits per heavy atom. The van der Waals surface area contributed by atoms with Crippen molar-refractivity contribution < 1.29 is 9.21 Å². The summed E-state index contributed by atoms with van der Waals surface area (Å²) in [4.78, 5) is 14.2. The van der Waals surface area contributed by atoms with E-state index < -0.39 is 0 Å². The monoisotopic (exact) mass is 256 g/mol. The summed E-state index contributed by atoms with van der Waals surface area (Å²) in [5, 5.41) is 0. The SMILES string of the molecule is CC(N)c1ccc(C(=O)N2CCc3ccccc32)o1. The zero-order valence-electron chi connectivity index (χ0n) is 10.8. The first-order valence-corrected chi connectivity index (χ1v) is 6.42. The van der Waals surface area contributed by atoms with E-state index >= 15 is 0 Å². The molecule has 2 aromatic rings. The molecule has 0 spiro atoms. The van der Waals surface area contributed by atoms with Crippen LogP contribution in [-0.2, 0) is 6.42 Å². The predicted molar refractivity (Wildman–Crippen MR) is 73.1 cm³/mol. The molecule has 1 aromatic carbocycles. The van der Waals surface area contributed by atoms with Crippen molar-refractivity contribution >= 4 is 11.6 Å². The van der Waals surface area contributed by atoms with Crippen molar-refractivity contribution in [2.75, 3.05) is 11.4 Å². The lowest BCUT2D eigenvalue weighted by molar-refractivity contribution is 0.0960. The quantitative estimate of drug-likeness (QED) is 0.898. The van der Waals surface area contributed by atoms with E-state index in [9.17, 15) is 4.79 Å². The van der Waals surface area contributed by atoms with Crippen molar-refractivity contribution in [3.05, 3.63) is 53.5 Å². The van der Waals surface area contributed by atoms with E-state index in [1.807, 2.05) is 25.1 Å². The van der Waals surface area contributed by atoms with Crippen LogP contribution in [0.4, 0.5) is 5.69 Å². The number of nitrogens with two attached hydrogens (primary N) is 1. The molecule has 2 N–H and O–H groups in total. The Bertz CT molecular complexity index is 616. The van der Waals surface area contributed by atoms with Gasteiger partial charge in [0.25, 0.3) is 5.91 Å². The first-order chi connectivity index (χ1) is 9.16. The van der Waals surface area contributed by atoms with Crippen LogP contribution in [0.2, 0.25) is 0 Å². The number of rotatable bonds is 2. The summed E-state index contributed by atoms with van der Waals surface area (Å²) in [5.74, 6) is 0.886. The fourth-order valence-corrected chi connectivity index (χ4v) is 2.39. The first kappa shape index (κ1) is 12.0. The van der Waals surface area contributed by atoms with Crippen LogP contribution in [0.5, 0.6) is 0 Å². The Labute approximate surface area is 111 Å². The van der Waals surface area contributed by atoms with Gasteiger partial charge in [-0.3, -0.25) is 4.79 Å². The van der Waals surface area contributed by atoms with Gasteiger partial charge in [-0.05, 0) is 37.1 Å². The van der Waals surface area contributed by atoms with Crippen LogP contribution in [0, 0.1) is 0 Å². The van der Waals surface area contributed by atoms with Crippen molar-refractivity contribution in [3.63, 3.8) is 0 Å². The van der Waals surface area contributed by atoms with Gasteiger partial charge < -0.3 is 15.1 Å². The highest BCUT2D eigenvalue weighted by Crippen LogP contribution is 2.29. The van der Waals surface area contributed by atoms with Gasteiger partial charge in [0.1, 0.15) is 5.76 Å². The molecule has 0 radical (unpaired) electrons. The lowest BCUT2D eigenvalue weighted by atomic mass is 10.2. The van der Waals surface area contributed by atoms with Crippen LogP contribution in [0.15, 0.2) is 40.8 Å². The van der Waals surface area contributed by atoms with Gasteiger partial charge in [-0.2, -0.15) is 0 Å². The molecule has 1 aliphatic rings. The molecule has 0 saturated heterocycles. The molecule has 0 fully saturated rings. The largest absolute Gasteiger partial charge is 0.454 e. The minimum Gasteiger partial charge on any atom is -0.454 e. The first-order valence-electron chi connectivity index (χ1n) is 6.42. The molecule has 2 heterocycles. The number of anilines is 1. The average Bonchev–Trinajstić information content (AvgIpc) is 3.05. The summed E-state index contributed by atoms with van der Waals surface area (Å²) in [7, 11) is 0. The molecule has 98 valence electrons. The van der Waals surface area contributed by atoms with E-state index in [1.165, 1.54) is 5.56 Å². The van der Waals surface area contributed by atoms with Gasteiger partial charge in [0.2, 0.25) is 0 Å². The van der Waals surface area contributed by atoms with E-state index in [0.717, 1.165) is 12.1 Å².